The number of halogens is 1. The second kappa shape index (κ2) is 5.55. The van der Waals surface area contributed by atoms with Crippen molar-refractivity contribution in [2.75, 3.05) is 7.11 Å². The summed E-state index contributed by atoms with van der Waals surface area (Å²) in [6.07, 6.45) is 1.44. The number of ether oxygens (including phenoxy) is 1. The zero-order valence-corrected chi connectivity index (χ0v) is 11.5. The molecule has 2 heterocycles. The highest BCUT2D eigenvalue weighted by Gasteiger charge is 2.11. The molecule has 0 aromatic carbocycles. The molecule has 0 bridgehead atoms. The highest BCUT2D eigenvalue weighted by atomic mass is 35.5. The van der Waals surface area contributed by atoms with Crippen LogP contribution in [0.15, 0.2) is 27.6 Å². The van der Waals surface area contributed by atoms with Crippen molar-refractivity contribution in [1.29, 1.82) is 0 Å². The van der Waals surface area contributed by atoms with Gasteiger partial charge in [-0.05, 0) is 6.07 Å². The first-order valence-electron chi connectivity index (χ1n) is 4.66. The fraction of sp³-hybridized carbons (Fsp3) is 0.100. The summed E-state index contributed by atoms with van der Waals surface area (Å²) in [6, 6.07) is 1.79. The Kier molecular flexibility index (Phi) is 4.05. The summed E-state index contributed by atoms with van der Waals surface area (Å²) in [6.45, 7) is 0. The molecule has 8 heteroatoms. The van der Waals surface area contributed by atoms with Gasteiger partial charge < -0.3 is 9.84 Å². The van der Waals surface area contributed by atoms with Gasteiger partial charge in [-0.2, -0.15) is 4.98 Å². The molecule has 0 aliphatic heterocycles. The number of carboxylic acids is 1. The largest absolute Gasteiger partial charge is 0.477 e. The average molecular weight is 303 g/mol. The second-order valence-corrected chi connectivity index (χ2v) is 5.44. The molecule has 0 saturated heterocycles. The summed E-state index contributed by atoms with van der Waals surface area (Å²) >= 11 is 8.38. The van der Waals surface area contributed by atoms with E-state index in [4.69, 9.17) is 21.4 Å². The Labute approximate surface area is 116 Å². The van der Waals surface area contributed by atoms with Gasteiger partial charge in [-0.15, -0.1) is 11.3 Å². The fourth-order valence-corrected chi connectivity index (χ4v) is 3.00. The Bertz CT molecular complexity index is 588. The van der Waals surface area contributed by atoms with E-state index in [2.05, 4.69) is 9.97 Å². The van der Waals surface area contributed by atoms with Gasteiger partial charge in [0.2, 0.25) is 0 Å². The van der Waals surface area contributed by atoms with E-state index in [9.17, 15) is 4.79 Å². The quantitative estimate of drug-likeness (QED) is 0.875. The second-order valence-electron chi connectivity index (χ2n) is 3.06. The predicted molar refractivity (Wildman–Crippen MR) is 69.0 cm³/mol. The molecule has 0 unspecified atom stereocenters. The van der Waals surface area contributed by atoms with Crippen LogP contribution in [0, 0.1) is 0 Å². The molecular weight excluding hydrogens is 296 g/mol. The lowest BCUT2D eigenvalue weighted by atomic mass is 10.5. The maximum absolute atomic E-state index is 10.8. The van der Waals surface area contributed by atoms with Crippen molar-refractivity contribution in [3.63, 3.8) is 0 Å². The number of thiophene rings is 1. The number of aromatic carboxylic acids is 1. The molecule has 94 valence electrons. The number of methoxy groups -OCH3 is 1. The number of carbonyl (C=O) groups is 1. The molecule has 18 heavy (non-hydrogen) atoms. The highest BCUT2D eigenvalue weighted by molar-refractivity contribution is 7.99. The van der Waals surface area contributed by atoms with Crippen LogP contribution in [0.3, 0.4) is 0 Å². The number of nitrogens with zero attached hydrogens (tertiary/aromatic N) is 2. The minimum absolute atomic E-state index is 0.218. The molecule has 1 N–H and O–H groups in total. The van der Waals surface area contributed by atoms with Gasteiger partial charge in [-0.3, -0.25) is 0 Å². The van der Waals surface area contributed by atoms with Crippen LogP contribution in [0.1, 0.15) is 9.67 Å². The normalized spacial score (nSPS) is 10.3. The zero-order valence-electron chi connectivity index (χ0n) is 9.08. The summed E-state index contributed by atoms with van der Waals surface area (Å²) < 4.78 is 4.91. The molecule has 0 amide bonds. The third-order valence-electron chi connectivity index (χ3n) is 1.87. The lowest BCUT2D eigenvalue weighted by molar-refractivity contribution is 0.0702. The highest BCUT2D eigenvalue weighted by Crippen LogP contribution is 2.34. The van der Waals surface area contributed by atoms with E-state index < -0.39 is 5.97 Å². The third kappa shape index (κ3) is 2.92. The molecule has 0 aliphatic rings. The predicted octanol–water partition coefficient (Wildman–Crippen LogP) is 3.05. The Morgan fingerprint density at radius 2 is 2.39 bits per heavy atom. The van der Waals surface area contributed by atoms with Gasteiger partial charge in [-0.1, -0.05) is 23.4 Å². The maximum Gasteiger partial charge on any atom is 0.345 e. The Balaban J connectivity index is 2.24. The topological polar surface area (TPSA) is 72.3 Å². The summed E-state index contributed by atoms with van der Waals surface area (Å²) in [5.74, 6) is -0.946. The lowest BCUT2D eigenvalue weighted by Crippen LogP contribution is -1.93. The smallest absolute Gasteiger partial charge is 0.345 e. The molecular formula is C10H7ClN2O3S2. The van der Waals surface area contributed by atoms with E-state index in [-0.39, 0.29) is 10.9 Å². The lowest BCUT2D eigenvalue weighted by Gasteiger charge is -2.02. The van der Waals surface area contributed by atoms with Gasteiger partial charge in [0.15, 0.2) is 0 Å². The summed E-state index contributed by atoms with van der Waals surface area (Å²) in [5.41, 5.74) is 0. The molecule has 0 saturated carbocycles. The Morgan fingerprint density at radius 3 is 3.00 bits per heavy atom. The van der Waals surface area contributed by atoms with Crippen LogP contribution in [0.25, 0.3) is 0 Å². The number of hydrogen-bond donors (Lipinski definition) is 1. The monoisotopic (exact) mass is 302 g/mol. The van der Waals surface area contributed by atoms with Crippen molar-refractivity contribution < 1.29 is 14.6 Å². The first-order valence-corrected chi connectivity index (χ1v) is 6.73. The molecule has 0 fully saturated rings. The van der Waals surface area contributed by atoms with E-state index in [0.29, 0.717) is 10.0 Å². The standard InChI is InChI=1S/C10H7ClN2O3S2/c1-16-10-12-3-6(11)8(13-10)18-5-2-7(9(14)15)17-4-5/h2-4H,1H3,(H,14,15). The molecule has 2 aromatic rings. The third-order valence-corrected chi connectivity index (χ3v) is 4.31. The fourth-order valence-electron chi connectivity index (χ4n) is 1.10. The van der Waals surface area contributed by atoms with Crippen LogP contribution >= 0.6 is 34.7 Å². The van der Waals surface area contributed by atoms with E-state index in [1.807, 2.05) is 0 Å². The van der Waals surface area contributed by atoms with Gasteiger partial charge in [-0.25, -0.2) is 9.78 Å². The van der Waals surface area contributed by atoms with Gasteiger partial charge in [0.25, 0.3) is 0 Å². The number of rotatable bonds is 4. The van der Waals surface area contributed by atoms with Gasteiger partial charge in [0.05, 0.1) is 18.3 Å². The molecule has 0 radical (unpaired) electrons. The number of aromatic nitrogens is 2. The molecule has 2 rings (SSSR count). The van der Waals surface area contributed by atoms with E-state index in [0.717, 1.165) is 16.2 Å². The van der Waals surface area contributed by atoms with Crippen molar-refractivity contribution in [1.82, 2.24) is 9.97 Å². The Hall–Kier alpha value is -1.31. The zero-order chi connectivity index (χ0) is 13.1. The van der Waals surface area contributed by atoms with Crippen LogP contribution in [-0.2, 0) is 0 Å². The molecule has 5 nitrogen and oxygen atoms in total. The summed E-state index contributed by atoms with van der Waals surface area (Å²) in [7, 11) is 1.46. The first-order chi connectivity index (χ1) is 8.60. The molecule has 2 aromatic heterocycles. The van der Waals surface area contributed by atoms with Crippen molar-refractivity contribution >= 4 is 40.7 Å². The Morgan fingerprint density at radius 1 is 1.61 bits per heavy atom. The minimum Gasteiger partial charge on any atom is -0.477 e. The van der Waals surface area contributed by atoms with Crippen molar-refractivity contribution in [3.05, 3.63) is 27.5 Å². The van der Waals surface area contributed by atoms with Crippen LogP contribution in [0.5, 0.6) is 6.01 Å². The van der Waals surface area contributed by atoms with Crippen LogP contribution in [0.4, 0.5) is 0 Å². The van der Waals surface area contributed by atoms with Crippen molar-refractivity contribution in [2.45, 2.75) is 9.92 Å². The molecule has 0 spiro atoms. The van der Waals surface area contributed by atoms with E-state index >= 15 is 0 Å². The van der Waals surface area contributed by atoms with Crippen LogP contribution in [0.2, 0.25) is 5.02 Å². The minimum atomic E-state index is -0.946. The van der Waals surface area contributed by atoms with Gasteiger partial charge in [0.1, 0.15) is 9.90 Å². The molecule has 0 atom stereocenters. The van der Waals surface area contributed by atoms with Crippen LogP contribution in [-0.4, -0.2) is 28.2 Å². The average Bonchev–Trinajstić information content (AvgIpc) is 2.81. The van der Waals surface area contributed by atoms with Gasteiger partial charge in [0, 0.05) is 10.3 Å². The van der Waals surface area contributed by atoms with Crippen molar-refractivity contribution in [3.8, 4) is 6.01 Å². The number of carboxylic acid groups (broad SMARTS) is 1. The van der Waals surface area contributed by atoms with E-state index in [1.54, 1.807) is 11.4 Å². The molecule has 0 aliphatic carbocycles. The van der Waals surface area contributed by atoms with Crippen molar-refractivity contribution in [2.24, 2.45) is 0 Å². The van der Waals surface area contributed by atoms with E-state index in [1.165, 1.54) is 25.1 Å². The summed E-state index contributed by atoms with van der Waals surface area (Å²) in [5, 5.41) is 11.5. The number of hydrogen-bond acceptors (Lipinski definition) is 6. The van der Waals surface area contributed by atoms with Crippen LogP contribution < -0.4 is 4.74 Å². The summed E-state index contributed by atoms with van der Waals surface area (Å²) in [4.78, 5) is 19.8. The SMILES string of the molecule is COc1ncc(Cl)c(Sc2csc(C(=O)O)c2)n1. The first kappa shape index (κ1) is 13.1. The maximum atomic E-state index is 10.8. The van der Waals surface area contributed by atoms with Gasteiger partial charge >= 0.3 is 12.0 Å².